The molecule has 5 rings (SSSR count). The van der Waals surface area contributed by atoms with Crippen molar-refractivity contribution in [3.05, 3.63) is 78.3 Å². The Morgan fingerprint density at radius 3 is 2.69 bits per heavy atom. The van der Waals surface area contributed by atoms with E-state index >= 15 is 0 Å². The molecule has 1 aliphatic rings. The maximum Gasteiger partial charge on any atom is 0.159 e. The molecule has 1 aliphatic heterocycles. The lowest BCUT2D eigenvalue weighted by atomic mass is 9.96. The zero-order valence-electron chi connectivity index (χ0n) is 16.6. The Morgan fingerprint density at radius 2 is 1.83 bits per heavy atom. The third kappa shape index (κ3) is 3.46. The molecule has 6 heteroatoms. The molecule has 0 N–H and O–H groups in total. The first-order valence-corrected chi connectivity index (χ1v) is 10.2. The molecule has 3 aromatic heterocycles. The molecule has 29 heavy (non-hydrogen) atoms. The fraction of sp³-hybridized carbons (Fsp3) is 0.304. The van der Waals surface area contributed by atoms with E-state index in [9.17, 15) is 0 Å². The number of benzene rings is 1. The highest BCUT2D eigenvalue weighted by Crippen LogP contribution is 2.32. The van der Waals surface area contributed by atoms with Crippen molar-refractivity contribution in [3.8, 4) is 0 Å². The maximum atomic E-state index is 4.73. The first-order chi connectivity index (χ1) is 14.3. The molecule has 1 fully saturated rings. The van der Waals surface area contributed by atoms with E-state index in [4.69, 9.17) is 4.98 Å². The highest BCUT2D eigenvalue weighted by atomic mass is 15.3. The molecule has 0 radical (unpaired) electrons. The number of hydrogen-bond acceptors (Lipinski definition) is 5. The lowest BCUT2D eigenvalue weighted by molar-refractivity contribution is 0.474. The minimum Gasteiger partial charge on any atom is -0.354 e. The van der Waals surface area contributed by atoms with Crippen LogP contribution in [0.3, 0.4) is 0 Å². The topological polar surface area (TPSA) is 59.7 Å². The predicted octanol–water partition coefficient (Wildman–Crippen LogP) is 3.96. The first-order valence-electron chi connectivity index (χ1n) is 10.2. The van der Waals surface area contributed by atoms with Gasteiger partial charge in [-0.25, -0.2) is 4.98 Å². The Hall–Kier alpha value is -3.28. The summed E-state index contributed by atoms with van der Waals surface area (Å²) in [5.41, 5.74) is 2.22. The smallest absolute Gasteiger partial charge is 0.159 e. The molecular formula is C23H24N6. The normalized spacial score (nSPS) is 17.0. The highest BCUT2D eigenvalue weighted by Gasteiger charge is 2.27. The lowest BCUT2D eigenvalue weighted by Crippen LogP contribution is -2.36. The van der Waals surface area contributed by atoms with Crippen molar-refractivity contribution in [1.29, 1.82) is 0 Å². The number of anilines is 1. The second-order valence-electron chi connectivity index (χ2n) is 7.71. The average molecular weight is 384 g/mol. The Morgan fingerprint density at radius 1 is 1.00 bits per heavy atom. The van der Waals surface area contributed by atoms with E-state index < -0.39 is 0 Å². The van der Waals surface area contributed by atoms with Gasteiger partial charge < -0.3 is 9.47 Å². The number of aryl methyl sites for hydroxylation is 1. The second-order valence-corrected chi connectivity index (χ2v) is 7.71. The number of hydrogen-bond donors (Lipinski definition) is 0. The zero-order valence-corrected chi connectivity index (χ0v) is 16.6. The molecule has 0 saturated carbocycles. The summed E-state index contributed by atoms with van der Waals surface area (Å²) in [4.78, 5) is 11.2. The van der Waals surface area contributed by atoms with Crippen molar-refractivity contribution in [2.75, 3.05) is 18.0 Å². The van der Waals surface area contributed by atoms with Gasteiger partial charge in [0.2, 0.25) is 0 Å². The largest absolute Gasteiger partial charge is 0.354 e. The van der Waals surface area contributed by atoms with Crippen molar-refractivity contribution in [3.63, 3.8) is 0 Å². The molecule has 0 amide bonds. The molecule has 1 saturated heterocycles. The van der Waals surface area contributed by atoms with Crippen LogP contribution in [0.25, 0.3) is 10.8 Å². The van der Waals surface area contributed by atoms with E-state index in [0.29, 0.717) is 5.92 Å². The highest BCUT2D eigenvalue weighted by molar-refractivity contribution is 5.93. The molecule has 0 bridgehead atoms. The van der Waals surface area contributed by atoms with Crippen LogP contribution in [0.4, 0.5) is 5.82 Å². The molecule has 4 aromatic rings. The van der Waals surface area contributed by atoms with Gasteiger partial charge in [-0.05, 0) is 37.5 Å². The number of aromatic nitrogens is 5. The minimum absolute atomic E-state index is 0.377. The summed E-state index contributed by atoms with van der Waals surface area (Å²) >= 11 is 0. The second kappa shape index (κ2) is 7.62. The van der Waals surface area contributed by atoms with Crippen molar-refractivity contribution >= 4 is 16.6 Å². The van der Waals surface area contributed by atoms with Crippen LogP contribution in [0.2, 0.25) is 0 Å². The van der Waals surface area contributed by atoms with Crippen LogP contribution in [-0.4, -0.2) is 37.8 Å². The van der Waals surface area contributed by atoms with Gasteiger partial charge in [0.05, 0.1) is 5.69 Å². The summed E-state index contributed by atoms with van der Waals surface area (Å²) in [7, 11) is 0. The summed E-state index contributed by atoms with van der Waals surface area (Å²) < 4.78 is 2.27. The van der Waals surface area contributed by atoms with Crippen LogP contribution in [0.5, 0.6) is 0 Å². The SMILES string of the molecule is Cc1nnc(N2CCCC(c3nccn3Cc3ccncc3)C2)c2ccccc12. The van der Waals surface area contributed by atoms with Crippen molar-refractivity contribution in [2.45, 2.75) is 32.2 Å². The van der Waals surface area contributed by atoms with Crippen molar-refractivity contribution < 1.29 is 0 Å². The molecule has 1 aromatic carbocycles. The molecule has 146 valence electrons. The predicted molar refractivity (Wildman–Crippen MR) is 114 cm³/mol. The molecule has 0 aliphatic carbocycles. The number of imidazole rings is 1. The number of fused-ring (bicyclic) bond motifs is 1. The maximum absolute atomic E-state index is 4.73. The number of pyridine rings is 1. The van der Waals surface area contributed by atoms with E-state index in [1.807, 2.05) is 25.5 Å². The summed E-state index contributed by atoms with van der Waals surface area (Å²) in [5, 5.41) is 11.4. The Labute approximate surface area is 170 Å². The van der Waals surface area contributed by atoms with Crippen LogP contribution in [-0.2, 0) is 6.54 Å². The van der Waals surface area contributed by atoms with Crippen LogP contribution < -0.4 is 4.90 Å². The van der Waals surface area contributed by atoms with E-state index in [1.165, 1.54) is 16.3 Å². The Bertz CT molecular complexity index is 1120. The Balaban J connectivity index is 1.43. The number of rotatable bonds is 4. The van der Waals surface area contributed by atoms with Crippen molar-refractivity contribution in [2.24, 2.45) is 0 Å². The van der Waals surface area contributed by atoms with Crippen LogP contribution in [0.1, 0.15) is 35.8 Å². The van der Waals surface area contributed by atoms with Gasteiger partial charge in [0.25, 0.3) is 0 Å². The van der Waals surface area contributed by atoms with E-state index in [2.05, 4.69) is 67.2 Å². The molecule has 0 spiro atoms. The number of piperidine rings is 1. The third-order valence-corrected chi connectivity index (χ3v) is 5.79. The van der Waals surface area contributed by atoms with Gasteiger partial charge >= 0.3 is 0 Å². The average Bonchev–Trinajstić information content (AvgIpc) is 3.23. The number of nitrogens with zero attached hydrogens (tertiary/aromatic N) is 6. The van der Waals surface area contributed by atoms with Gasteiger partial charge in [-0.1, -0.05) is 24.3 Å². The standard InChI is InChI=1S/C23H24N6/c1-17-20-6-2-3-7-21(20)23(27-26-17)28-13-4-5-19(16-28)22-25-12-14-29(22)15-18-8-10-24-11-9-18/h2-3,6-12,14,19H,4-5,13,15-16H2,1H3. The van der Waals surface area contributed by atoms with Gasteiger partial charge in [0.15, 0.2) is 5.82 Å². The molecule has 1 unspecified atom stereocenters. The van der Waals surface area contributed by atoms with Crippen LogP contribution in [0.15, 0.2) is 61.2 Å². The first kappa shape index (κ1) is 17.8. The molecule has 6 nitrogen and oxygen atoms in total. The summed E-state index contributed by atoms with van der Waals surface area (Å²) in [6.07, 6.45) is 9.94. The van der Waals surface area contributed by atoms with Crippen LogP contribution in [0, 0.1) is 6.92 Å². The van der Waals surface area contributed by atoms with Gasteiger partial charge in [-0.15, -0.1) is 5.10 Å². The molecule has 1 atom stereocenters. The van der Waals surface area contributed by atoms with Crippen molar-refractivity contribution in [1.82, 2.24) is 24.7 Å². The minimum atomic E-state index is 0.377. The Kier molecular flexibility index (Phi) is 4.68. The fourth-order valence-electron chi connectivity index (χ4n) is 4.34. The summed E-state index contributed by atoms with van der Waals surface area (Å²) in [6.45, 7) is 4.76. The monoisotopic (exact) mass is 384 g/mol. The van der Waals surface area contributed by atoms with Gasteiger partial charge in [0.1, 0.15) is 5.82 Å². The molecular weight excluding hydrogens is 360 g/mol. The summed E-state index contributed by atoms with van der Waals surface area (Å²) in [5.74, 6) is 2.52. The molecule has 4 heterocycles. The zero-order chi connectivity index (χ0) is 19.6. The van der Waals surface area contributed by atoms with E-state index in [-0.39, 0.29) is 0 Å². The lowest BCUT2D eigenvalue weighted by Gasteiger charge is -2.34. The van der Waals surface area contributed by atoms with Gasteiger partial charge in [-0.2, -0.15) is 5.10 Å². The quantitative estimate of drug-likeness (QED) is 0.533. The van der Waals surface area contributed by atoms with Gasteiger partial charge in [0, 0.05) is 61.1 Å². The fourth-order valence-corrected chi connectivity index (χ4v) is 4.34. The van der Waals surface area contributed by atoms with E-state index in [1.54, 1.807) is 0 Å². The summed E-state index contributed by atoms with van der Waals surface area (Å²) in [6, 6.07) is 12.5. The van der Waals surface area contributed by atoms with Crippen LogP contribution >= 0.6 is 0 Å². The van der Waals surface area contributed by atoms with Gasteiger partial charge in [-0.3, -0.25) is 4.98 Å². The van der Waals surface area contributed by atoms with E-state index in [0.717, 1.165) is 49.8 Å². The third-order valence-electron chi connectivity index (χ3n) is 5.79.